The van der Waals surface area contributed by atoms with Gasteiger partial charge >= 0.3 is 0 Å². The van der Waals surface area contributed by atoms with Crippen molar-refractivity contribution in [2.45, 2.75) is 18.6 Å². The summed E-state index contributed by atoms with van der Waals surface area (Å²) in [6, 6.07) is 1.43. The summed E-state index contributed by atoms with van der Waals surface area (Å²) in [5.74, 6) is -0.894. The molecule has 3 rings (SSSR count). The van der Waals surface area contributed by atoms with E-state index in [4.69, 9.17) is 32.7 Å². The number of hydrogen-bond donors (Lipinski definition) is 0. The van der Waals surface area contributed by atoms with Crippen molar-refractivity contribution >= 4 is 29.1 Å². The monoisotopic (exact) mass is 317 g/mol. The molecule has 2 aliphatic rings. The molecule has 1 spiro atoms. The van der Waals surface area contributed by atoms with Crippen molar-refractivity contribution in [2.24, 2.45) is 0 Å². The van der Waals surface area contributed by atoms with E-state index in [0.29, 0.717) is 26.3 Å². The first-order valence-electron chi connectivity index (χ1n) is 6.36. The zero-order valence-electron chi connectivity index (χ0n) is 10.6. The van der Waals surface area contributed by atoms with Crippen LogP contribution in [0.15, 0.2) is 6.07 Å². The summed E-state index contributed by atoms with van der Waals surface area (Å²) in [4.78, 5) is 14.2. The van der Waals surface area contributed by atoms with Crippen molar-refractivity contribution in [2.75, 3.05) is 26.3 Å². The fraction of sp³-hybridized carbons (Fsp3) is 0.583. The normalized spacial score (nSPS) is 21.4. The summed E-state index contributed by atoms with van der Waals surface area (Å²) in [5.41, 5.74) is 0.252. The average Bonchev–Trinajstić information content (AvgIpc) is 2.88. The number of carbonyl (C=O) groups excluding carboxylic acids is 1. The summed E-state index contributed by atoms with van der Waals surface area (Å²) in [6.07, 6.45) is 1.61. The largest absolute Gasteiger partial charge is 0.346 e. The van der Waals surface area contributed by atoms with Gasteiger partial charge in [0, 0.05) is 13.0 Å². The second-order valence-electron chi connectivity index (χ2n) is 4.81. The molecular weight excluding hydrogens is 305 g/mol. The fourth-order valence-corrected chi connectivity index (χ4v) is 2.89. The van der Waals surface area contributed by atoms with Crippen molar-refractivity contribution in [1.82, 2.24) is 15.1 Å². The van der Waals surface area contributed by atoms with E-state index in [2.05, 4.69) is 10.2 Å². The Bertz CT molecular complexity index is 535. The molecule has 0 unspecified atom stereocenters. The first-order valence-corrected chi connectivity index (χ1v) is 7.11. The number of aromatic nitrogens is 2. The van der Waals surface area contributed by atoms with Gasteiger partial charge < -0.3 is 14.4 Å². The van der Waals surface area contributed by atoms with Gasteiger partial charge in [-0.3, -0.25) is 4.79 Å². The second kappa shape index (κ2) is 5.44. The molecule has 2 aliphatic heterocycles. The maximum atomic E-state index is 12.5. The molecule has 6 nitrogen and oxygen atoms in total. The van der Waals surface area contributed by atoms with E-state index >= 15 is 0 Å². The van der Waals surface area contributed by atoms with Crippen LogP contribution in [0.5, 0.6) is 0 Å². The predicted molar refractivity (Wildman–Crippen MR) is 71.8 cm³/mol. The third-order valence-electron chi connectivity index (χ3n) is 3.47. The minimum absolute atomic E-state index is 0.0484. The SMILES string of the molecule is O=C(c1cc(Cl)nnc1Cl)N1CCCC2(C1)OCCO2. The molecule has 0 N–H and O–H groups in total. The Labute approximate surface area is 126 Å². The Morgan fingerprint density at radius 3 is 2.80 bits per heavy atom. The van der Waals surface area contributed by atoms with Crippen LogP contribution >= 0.6 is 23.2 Å². The number of rotatable bonds is 1. The lowest BCUT2D eigenvalue weighted by atomic mass is 10.0. The van der Waals surface area contributed by atoms with Crippen LogP contribution in [0.1, 0.15) is 23.2 Å². The minimum Gasteiger partial charge on any atom is -0.346 e. The first kappa shape index (κ1) is 14.0. The average molecular weight is 318 g/mol. The Kier molecular flexibility index (Phi) is 3.81. The molecule has 0 aliphatic carbocycles. The molecule has 0 atom stereocenters. The van der Waals surface area contributed by atoms with Gasteiger partial charge in [0.25, 0.3) is 5.91 Å². The van der Waals surface area contributed by atoms with Crippen LogP contribution in [-0.2, 0) is 9.47 Å². The van der Waals surface area contributed by atoms with E-state index < -0.39 is 5.79 Å². The van der Waals surface area contributed by atoms with Gasteiger partial charge in [0.05, 0.1) is 25.3 Å². The Morgan fingerprint density at radius 2 is 2.05 bits per heavy atom. The summed E-state index contributed by atoms with van der Waals surface area (Å²) >= 11 is 11.7. The number of hydrogen-bond acceptors (Lipinski definition) is 5. The fourth-order valence-electron chi connectivity index (χ4n) is 2.57. The number of piperidine rings is 1. The zero-order chi connectivity index (χ0) is 14.2. The molecule has 1 aromatic rings. The van der Waals surface area contributed by atoms with Gasteiger partial charge in [-0.25, -0.2) is 0 Å². The van der Waals surface area contributed by atoms with Gasteiger partial charge in [-0.15, -0.1) is 10.2 Å². The highest BCUT2D eigenvalue weighted by Gasteiger charge is 2.42. The van der Waals surface area contributed by atoms with Crippen LogP contribution in [-0.4, -0.2) is 53.1 Å². The molecule has 108 valence electrons. The lowest BCUT2D eigenvalue weighted by molar-refractivity contribution is -0.183. The molecule has 8 heteroatoms. The van der Waals surface area contributed by atoms with Crippen molar-refractivity contribution < 1.29 is 14.3 Å². The predicted octanol–water partition coefficient (Wildman–Crippen LogP) is 1.76. The number of ether oxygens (including phenoxy) is 2. The maximum absolute atomic E-state index is 12.5. The summed E-state index contributed by atoms with van der Waals surface area (Å²) < 4.78 is 11.3. The van der Waals surface area contributed by atoms with E-state index in [0.717, 1.165) is 12.8 Å². The molecule has 1 aromatic heterocycles. The van der Waals surface area contributed by atoms with Crippen molar-refractivity contribution in [3.63, 3.8) is 0 Å². The Hall–Kier alpha value is -0.950. The zero-order valence-corrected chi connectivity index (χ0v) is 12.2. The molecule has 0 bridgehead atoms. The van der Waals surface area contributed by atoms with Gasteiger partial charge in [-0.1, -0.05) is 23.2 Å². The summed E-state index contributed by atoms with van der Waals surface area (Å²) in [5, 5.41) is 7.44. The number of carbonyl (C=O) groups is 1. The smallest absolute Gasteiger partial charge is 0.257 e. The third-order valence-corrected chi connectivity index (χ3v) is 3.93. The molecule has 2 saturated heterocycles. The van der Waals surface area contributed by atoms with E-state index in [9.17, 15) is 4.79 Å². The molecule has 3 heterocycles. The van der Waals surface area contributed by atoms with E-state index in [1.807, 2.05) is 0 Å². The molecule has 0 saturated carbocycles. The molecule has 2 fully saturated rings. The number of halogens is 2. The molecular formula is C12H13Cl2N3O3. The van der Waals surface area contributed by atoms with E-state index in [1.165, 1.54) is 6.07 Å². The highest BCUT2D eigenvalue weighted by Crippen LogP contribution is 2.31. The van der Waals surface area contributed by atoms with Crippen LogP contribution in [0, 0.1) is 0 Å². The maximum Gasteiger partial charge on any atom is 0.257 e. The van der Waals surface area contributed by atoms with Gasteiger partial charge in [0.1, 0.15) is 0 Å². The molecule has 0 radical (unpaired) electrons. The summed E-state index contributed by atoms with van der Waals surface area (Å²) in [6.45, 7) is 2.14. The quantitative estimate of drug-likeness (QED) is 0.789. The van der Waals surface area contributed by atoms with Crippen molar-refractivity contribution in [3.8, 4) is 0 Å². The second-order valence-corrected chi connectivity index (χ2v) is 5.55. The number of likely N-dealkylation sites (tertiary alicyclic amines) is 1. The van der Waals surface area contributed by atoms with E-state index in [1.54, 1.807) is 4.90 Å². The highest BCUT2D eigenvalue weighted by molar-refractivity contribution is 6.34. The first-order chi connectivity index (χ1) is 9.60. The van der Waals surface area contributed by atoms with Crippen LogP contribution in [0.2, 0.25) is 10.3 Å². The van der Waals surface area contributed by atoms with Crippen molar-refractivity contribution in [1.29, 1.82) is 0 Å². The lowest BCUT2D eigenvalue weighted by Crippen LogP contribution is -2.51. The lowest BCUT2D eigenvalue weighted by Gasteiger charge is -2.38. The van der Waals surface area contributed by atoms with Gasteiger partial charge in [0.15, 0.2) is 16.1 Å². The molecule has 20 heavy (non-hydrogen) atoms. The van der Waals surface area contributed by atoms with E-state index in [-0.39, 0.29) is 21.8 Å². The van der Waals surface area contributed by atoms with Gasteiger partial charge in [0.2, 0.25) is 0 Å². The van der Waals surface area contributed by atoms with Crippen LogP contribution < -0.4 is 0 Å². The van der Waals surface area contributed by atoms with Crippen LogP contribution in [0.4, 0.5) is 0 Å². The standard InChI is InChI=1S/C12H13Cl2N3O3/c13-9-6-8(10(14)16-15-9)11(18)17-3-1-2-12(7-17)19-4-5-20-12/h6H,1-5,7H2. The van der Waals surface area contributed by atoms with Gasteiger partial charge in [-0.05, 0) is 12.5 Å². The molecule has 1 amide bonds. The highest BCUT2D eigenvalue weighted by atomic mass is 35.5. The topological polar surface area (TPSA) is 64.6 Å². The summed E-state index contributed by atoms with van der Waals surface area (Å²) in [7, 11) is 0. The number of nitrogens with zero attached hydrogens (tertiary/aromatic N) is 3. The minimum atomic E-state index is -0.662. The Balaban J connectivity index is 1.81. The third kappa shape index (κ3) is 2.61. The Morgan fingerprint density at radius 1 is 1.30 bits per heavy atom. The van der Waals surface area contributed by atoms with Crippen LogP contribution in [0.25, 0.3) is 0 Å². The van der Waals surface area contributed by atoms with Gasteiger partial charge in [-0.2, -0.15) is 0 Å². The molecule has 0 aromatic carbocycles. The number of amides is 1. The van der Waals surface area contributed by atoms with Crippen molar-refractivity contribution in [3.05, 3.63) is 21.9 Å². The van der Waals surface area contributed by atoms with Crippen LogP contribution in [0.3, 0.4) is 0 Å².